The lowest BCUT2D eigenvalue weighted by Gasteiger charge is -2.31. The third-order valence-electron chi connectivity index (χ3n) is 3.83. The summed E-state index contributed by atoms with van der Waals surface area (Å²) in [4.78, 5) is 11.4. The van der Waals surface area contributed by atoms with E-state index in [0.29, 0.717) is 0 Å². The third kappa shape index (κ3) is 2.78. The molecule has 4 rings (SSSR count). The maximum Gasteiger partial charge on any atom is 0.107 e. The highest BCUT2D eigenvalue weighted by molar-refractivity contribution is 6.02. The minimum absolute atomic E-state index is 0.758. The van der Waals surface area contributed by atoms with Crippen molar-refractivity contribution in [2.75, 3.05) is 25.3 Å². The van der Waals surface area contributed by atoms with E-state index in [4.69, 9.17) is 10.1 Å². The number of likely N-dealkylation sites (N-methyl/N-ethyl adjacent to an activating group) is 1. The lowest BCUT2D eigenvalue weighted by Crippen LogP contribution is -2.42. The molecule has 1 aromatic heterocycles. The summed E-state index contributed by atoms with van der Waals surface area (Å²) in [6.07, 6.45) is 1.81. The Hall–Kier alpha value is -2.79. The Morgan fingerprint density at radius 2 is 1.65 bits per heavy atom. The summed E-state index contributed by atoms with van der Waals surface area (Å²) in [5, 5.41) is 6.78. The number of nitrogens with zero attached hydrogens (tertiary/aromatic N) is 5. The van der Waals surface area contributed by atoms with Crippen LogP contribution >= 0.6 is 0 Å². The van der Waals surface area contributed by atoms with Crippen LogP contribution in [0.5, 0.6) is 0 Å². The van der Waals surface area contributed by atoms with Gasteiger partial charge >= 0.3 is 0 Å². The number of hydrogen-bond acceptors (Lipinski definition) is 5. The fourth-order valence-electron chi connectivity index (χ4n) is 2.71. The number of benzene rings is 2. The van der Waals surface area contributed by atoms with E-state index in [1.807, 2.05) is 53.7 Å². The second kappa shape index (κ2) is 5.78. The zero-order valence-corrected chi connectivity index (χ0v) is 12.9. The van der Waals surface area contributed by atoms with Gasteiger partial charge in [0, 0.05) is 6.54 Å². The lowest BCUT2D eigenvalue weighted by molar-refractivity contribution is 0.363. The van der Waals surface area contributed by atoms with E-state index in [-0.39, 0.29) is 0 Å². The molecule has 0 atom stereocenters. The highest BCUT2D eigenvalue weighted by Gasteiger charge is 2.20. The number of hydrogen-bond donors (Lipinski definition) is 0. The molecule has 3 aromatic rings. The summed E-state index contributed by atoms with van der Waals surface area (Å²) in [6, 6.07) is 18.1. The lowest BCUT2D eigenvalue weighted by atomic mass is 10.2. The first-order valence-electron chi connectivity index (χ1n) is 7.60. The zero-order chi connectivity index (χ0) is 15.6. The second-order valence-corrected chi connectivity index (χ2v) is 5.68. The van der Waals surface area contributed by atoms with Crippen LogP contribution in [0.15, 0.2) is 65.9 Å². The maximum atomic E-state index is 4.79. The Balaban J connectivity index is 1.74. The van der Waals surface area contributed by atoms with Gasteiger partial charge in [-0.3, -0.25) is 14.9 Å². The van der Waals surface area contributed by atoms with Crippen LogP contribution in [0.25, 0.3) is 11.0 Å². The molecular formula is C18H17N5. The van der Waals surface area contributed by atoms with Gasteiger partial charge in [0.15, 0.2) is 0 Å². The van der Waals surface area contributed by atoms with Crippen molar-refractivity contribution in [3.63, 3.8) is 0 Å². The van der Waals surface area contributed by atoms with Crippen LogP contribution in [0.3, 0.4) is 0 Å². The first-order valence-corrected chi connectivity index (χ1v) is 7.60. The van der Waals surface area contributed by atoms with Crippen molar-refractivity contribution in [2.45, 2.75) is 0 Å². The number of aromatic nitrogens is 2. The monoisotopic (exact) mass is 303 g/mol. The molecule has 5 heteroatoms. The minimum atomic E-state index is 0.758. The summed E-state index contributed by atoms with van der Waals surface area (Å²) in [7, 11) is 2.08. The van der Waals surface area contributed by atoms with Crippen molar-refractivity contribution in [2.24, 2.45) is 5.10 Å². The summed E-state index contributed by atoms with van der Waals surface area (Å²) < 4.78 is 0. The Bertz CT molecular complexity index is 859. The van der Waals surface area contributed by atoms with Crippen LogP contribution in [0.4, 0.5) is 5.69 Å². The second-order valence-electron chi connectivity index (χ2n) is 5.68. The summed E-state index contributed by atoms with van der Waals surface area (Å²) in [5.74, 6) is 0. The summed E-state index contributed by atoms with van der Waals surface area (Å²) >= 11 is 0. The average Bonchev–Trinajstić information content (AvgIpc) is 2.61. The summed E-state index contributed by atoms with van der Waals surface area (Å²) in [5.41, 5.74) is 4.63. The molecule has 2 heterocycles. The fourth-order valence-corrected chi connectivity index (χ4v) is 2.71. The van der Waals surface area contributed by atoms with Gasteiger partial charge in [0.2, 0.25) is 0 Å². The van der Waals surface area contributed by atoms with Crippen molar-refractivity contribution in [1.29, 1.82) is 0 Å². The number of para-hydroxylation sites is 3. The fraction of sp³-hybridized carbons (Fsp3) is 0.167. The average molecular weight is 303 g/mol. The maximum absolute atomic E-state index is 4.79. The molecule has 0 saturated carbocycles. The number of rotatable bonds is 2. The molecule has 0 radical (unpaired) electrons. The molecule has 1 aliphatic rings. The topological polar surface area (TPSA) is 44.6 Å². The van der Waals surface area contributed by atoms with Gasteiger partial charge in [-0.15, -0.1) is 0 Å². The van der Waals surface area contributed by atoms with Crippen LogP contribution in [0, 0.1) is 0 Å². The van der Waals surface area contributed by atoms with E-state index in [0.717, 1.165) is 41.3 Å². The SMILES string of the molecule is CN1CC(c2cnc3ccccc3n2)=NN(c2ccccc2)C1. The molecule has 0 N–H and O–H groups in total. The molecule has 0 spiro atoms. The highest BCUT2D eigenvalue weighted by Crippen LogP contribution is 2.18. The molecule has 0 aliphatic carbocycles. The molecule has 5 nitrogen and oxygen atoms in total. The molecular weight excluding hydrogens is 286 g/mol. The molecule has 0 amide bonds. The Labute approximate surface area is 134 Å². The van der Waals surface area contributed by atoms with E-state index >= 15 is 0 Å². The highest BCUT2D eigenvalue weighted by atomic mass is 15.5. The van der Waals surface area contributed by atoms with Crippen LogP contribution in [0.1, 0.15) is 5.69 Å². The Morgan fingerprint density at radius 1 is 0.913 bits per heavy atom. The Kier molecular flexibility index (Phi) is 3.48. The van der Waals surface area contributed by atoms with Crippen molar-refractivity contribution >= 4 is 22.4 Å². The predicted octanol–water partition coefficient (Wildman–Crippen LogP) is 2.74. The van der Waals surface area contributed by atoms with Crippen molar-refractivity contribution in [1.82, 2.24) is 14.9 Å². The van der Waals surface area contributed by atoms with Gasteiger partial charge in [0.1, 0.15) is 11.4 Å². The van der Waals surface area contributed by atoms with Crippen molar-refractivity contribution in [3.8, 4) is 0 Å². The van der Waals surface area contributed by atoms with Crippen molar-refractivity contribution < 1.29 is 0 Å². The van der Waals surface area contributed by atoms with Gasteiger partial charge in [-0.25, -0.2) is 4.98 Å². The van der Waals surface area contributed by atoms with Gasteiger partial charge in [0.05, 0.1) is 29.6 Å². The molecule has 0 saturated heterocycles. The van der Waals surface area contributed by atoms with Crippen LogP contribution in [-0.4, -0.2) is 40.8 Å². The molecule has 23 heavy (non-hydrogen) atoms. The number of anilines is 1. The standard InChI is InChI=1S/C18H17N5/c1-22-12-18(21-23(13-22)14-7-3-2-4-8-14)17-11-19-15-9-5-6-10-16(15)20-17/h2-11H,12-13H2,1H3. The van der Waals surface area contributed by atoms with Gasteiger partial charge in [-0.05, 0) is 31.3 Å². The van der Waals surface area contributed by atoms with E-state index < -0.39 is 0 Å². The first kappa shape index (κ1) is 13.8. The Morgan fingerprint density at radius 3 is 2.48 bits per heavy atom. The molecule has 0 fully saturated rings. The number of fused-ring (bicyclic) bond motifs is 1. The predicted molar refractivity (Wildman–Crippen MR) is 92.5 cm³/mol. The normalized spacial score (nSPS) is 15.7. The van der Waals surface area contributed by atoms with Crippen LogP contribution < -0.4 is 5.01 Å². The number of hydrazone groups is 1. The van der Waals surface area contributed by atoms with E-state index in [2.05, 4.69) is 29.1 Å². The quantitative estimate of drug-likeness (QED) is 0.730. The van der Waals surface area contributed by atoms with Gasteiger partial charge in [-0.2, -0.15) is 5.10 Å². The third-order valence-corrected chi connectivity index (χ3v) is 3.83. The molecule has 1 aliphatic heterocycles. The zero-order valence-electron chi connectivity index (χ0n) is 12.9. The van der Waals surface area contributed by atoms with Crippen molar-refractivity contribution in [3.05, 3.63) is 66.5 Å². The van der Waals surface area contributed by atoms with E-state index in [1.165, 1.54) is 0 Å². The smallest absolute Gasteiger partial charge is 0.107 e. The molecule has 0 unspecified atom stereocenters. The van der Waals surface area contributed by atoms with Gasteiger partial charge in [0.25, 0.3) is 0 Å². The largest absolute Gasteiger partial charge is 0.281 e. The molecule has 2 aromatic carbocycles. The van der Waals surface area contributed by atoms with Gasteiger partial charge < -0.3 is 0 Å². The van der Waals surface area contributed by atoms with Crippen LogP contribution in [-0.2, 0) is 0 Å². The van der Waals surface area contributed by atoms with Crippen LogP contribution in [0.2, 0.25) is 0 Å². The summed E-state index contributed by atoms with van der Waals surface area (Å²) in [6.45, 7) is 1.52. The van der Waals surface area contributed by atoms with E-state index in [9.17, 15) is 0 Å². The minimum Gasteiger partial charge on any atom is -0.281 e. The van der Waals surface area contributed by atoms with Gasteiger partial charge in [-0.1, -0.05) is 30.3 Å². The molecule has 0 bridgehead atoms. The van der Waals surface area contributed by atoms with E-state index in [1.54, 1.807) is 0 Å². The molecule has 114 valence electrons. The first-order chi connectivity index (χ1) is 11.3.